The van der Waals surface area contributed by atoms with Gasteiger partial charge >= 0.3 is 11.6 Å². The van der Waals surface area contributed by atoms with Gasteiger partial charge in [-0.3, -0.25) is 14.9 Å². The van der Waals surface area contributed by atoms with Crippen molar-refractivity contribution in [3.63, 3.8) is 0 Å². The van der Waals surface area contributed by atoms with Gasteiger partial charge in [-0.15, -0.1) is 0 Å². The molecular formula is C9H6N4O5. The van der Waals surface area contributed by atoms with E-state index in [1.807, 2.05) is 0 Å². The number of carbonyl (C=O) groups excluding carboxylic acids is 1. The van der Waals surface area contributed by atoms with Crippen LogP contribution in [0, 0.1) is 10.1 Å². The van der Waals surface area contributed by atoms with E-state index < -0.39 is 28.0 Å². The maximum atomic E-state index is 11.1. The van der Waals surface area contributed by atoms with Crippen molar-refractivity contribution in [2.24, 2.45) is 5.11 Å². The molecule has 1 amide bonds. The Balaban J connectivity index is 3.24. The van der Waals surface area contributed by atoms with Gasteiger partial charge in [0.25, 0.3) is 0 Å². The average Bonchev–Trinajstić information content (AvgIpc) is 2.30. The van der Waals surface area contributed by atoms with Gasteiger partial charge in [0.1, 0.15) is 0 Å². The van der Waals surface area contributed by atoms with Crippen molar-refractivity contribution in [2.75, 3.05) is 0 Å². The number of rotatable bonds is 3. The third-order valence-electron chi connectivity index (χ3n) is 1.85. The lowest BCUT2D eigenvalue weighted by Gasteiger charge is -1.98. The number of phenolic OH excluding ortho intramolecular Hbond substituents is 2. The van der Waals surface area contributed by atoms with Crippen molar-refractivity contribution >= 4 is 12.0 Å². The van der Waals surface area contributed by atoms with E-state index in [-0.39, 0.29) is 5.56 Å². The van der Waals surface area contributed by atoms with Crippen molar-refractivity contribution < 1.29 is 19.9 Å². The van der Waals surface area contributed by atoms with Crippen molar-refractivity contribution in [2.45, 2.75) is 0 Å². The van der Waals surface area contributed by atoms with Gasteiger partial charge in [0.05, 0.1) is 4.92 Å². The summed E-state index contributed by atoms with van der Waals surface area (Å²) < 4.78 is 0. The third-order valence-corrected chi connectivity index (χ3v) is 1.85. The maximum Gasteiger partial charge on any atom is 0.319 e. The van der Waals surface area contributed by atoms with Crippen LogP contribution in [0.25, 0.3) is 16.5 Å². The fourth-order valence-corrected chi connectivity index (χ4v) is 1.07. The molecule has 9 nitrogen and oxygen atoms in total. The Labute approximate surface area is 99.4 Å². The molecule has 1 rings (SSSR count). The summed E-state index contributed by atoms with van der Waals surface area (Å²) in [5, 5.41) is 31.4. The van der Waals surface area contributed by atoms with Gasteiger partial charge in [0.15, 0.2) is 11.5 Å². The van der Waals surface area contributed by atoms with Gasteiger partial charge in [-0.25, -0.2) is 0 Å². The highest BCUT2D eigenvalue weighted by molar-refractivity contribution is 5.96. The van der Waals surface area contributed by atoms with Gasteiger partial charge in [-0.05, 0) is 28.3 Å². The standard InChI is InChI=1S/C9H6N4O5/c10-12-11-9(16)6(13(17)18)3-5-1-2-7(14)8(15)4-5/h1-4,14-15H/b6-3-. The molecule has 0 heterocycles. The van der Waals surface area contributed by atoms with E-state index in [1.54, 1.807) is 0 Å². The van der Waals surface area contributed by atoms with Crippen LogP contribution in [-0.2, 0) is 4.79 Å². The Morgan fingerprint density at radius 3 is 2.61 bits per heavy atom. The first-order chi connectivity index (χ1) is 8.45. The predicted molar refractivity (Wildman–Crippen MR) is 58.9 cm³/mol. The normalized spacial score (nSPS) is 10.6. The zero-order valence-corrected chi connectivity index (χ0v) is 8.72. The number of aromatic hydroxyl groups is 2. The topological polar surface area (TPSA) is 149 Å². The molecule has 0 atom stereocenters. The number of nitro groups is 1. The Bertz CT molecular complexity index is 589. The van der Waals surface area contributed by atoms with Gasteiger partial charge in [0.2, 0.25) is 0 Å². The first kappa shape index (κ1) is 13.0. The molecule has 2 N–H and O–H groups in total. The molecule has 0 unspecified atom stereocenters. The minimum Gasteiger partial charge on any atom is -0.504 e. The van der Waals surface area contributed by atoms with Crippen molar-refractivity contribution in [1.82, 2.24) is 0 Å². The molecule has 0 radical (unpaired) electrons. The lowest BCUT2D eigenvalue weighted by atomic mass is 10.1. The summed E-state index contributed by atoms with van der Waals surface area (Å²) in [6.07, 6.45) is 0.816. The number of hydrogen-bond donors (Lipinski definition) is 2. The number of nitrogens with zero attached hydrogens (tertiary/aromatic N) is 4. The molecule has 0 spiro atoms. The average molecular weight is 250 g/mol. The number of carbonyl (C=O) groups is 1. The molecule has 0 aromatic heterocycles. The van der Waals surface area contributed by atoms with Gasteiger partial charge < -0.3 is 10.2 Å². The molecule has 92 valence electrons. The highest BCUT2D eigenvalue weighted by Crippen LogP contribution is 2.26. The SMILES string of the molecule is [N-]=[N+]=NC(=O)/C(=C/c1ccc(O)c(O)c1)[N+](=O)[O-]. The molecule has 9 heteroatoms. The molecule has 1 aromatic carbocycles. The summed E-state index contributed by atoms with van der Waals surface area (Å²) in [7, 11) is 0. The number of hydrogen-bond acceptors (Lipinski definition) is 5. The van der Waals surface area contributed by atoms with Crippen LogP contribution in [0.5, 0.6) is 11.5 Å². The number of benzene rings is 1. The van der Waals surface area contributed by atoms with Crippen LogP contribution in [0.2, 0.25) is 0 Å². The monoisotopic (exact) mass is 250 g/mol. The quantitative estimate of drug-likeness (QED) is 0.159. The van der Waals surface area contributed by atoms with Crippen LogP contribution in [0.4, 0.5) is 0 Å². The molecule has 0 saturated carbocycles. The Morgan fingerprint density at radius 1 is 1.44 bits per heavy atom. The van der Waals surface area contributed by atoms with E-state index in [0.717, 1.165) is 18.2 Å². The number of azide groups is 1. The Hall–Kier alpha value is -3.06. The van der Waals surface area contributed by atoms with Crippen LogP contribution in [0.1, 0.15) is 5.56 Å². The van der Waals surface area contributed by atoms with E-state index in [1.165, 1.54) is 6.07 Å². The maximum absolute atomic E-state index is 11.1. The first-order valence-electron chi connectivity index (χ1n) is 4.43. The Kier molecular flexibility index (Phi) is 3.85. The van der Waals surface area contributed by atoms with Crippen molar-refractivity contribution in [3.05, 3.63) is 50.0 Å². The minimum absolute atomic E-state index is 0.0958. The van der Waals surface area contributed by atoms with Crippen LogP contribution >= 0.6 is 0 Å². The third kappa shape index (κ3) is 2.97. The minimum atomic E-state index is -1.35. The van der Waals surface area contributed by atoms with Crippen molar-refractivity contribution in [3.8, 4) is 11.5 Å². The summed E-state index contributed by atoms with van der Waals surface area (Å²) >= 11 is 0. The first-order valence-corrected chi connectivity index (χ1v) is 4.43. The smallest absolute Gasteiger partial charge is 0.319 e. The van der Waals surface area contributed by atoms with Gasteiger partial charge in [-0.2, -0.15) is 0 Å². The lowest BCUT2D eigenvalue weighted by Crippen LogP contribution is -2.08. The zero-order valence-electron chi connectivity index (χ0n) is 8.72. The second-order valence-electron chi connectivity index (χ2n) is 3.03. The van der Waals surface area contributed by atoms with E-state index in [2.05, 4.69) is 10.0 Å². The molecule has 0 fully saturated rings. The Morgan fingerprint density at radius 2 is 2.11 bits per heavy atom. The van der Waals surface area contributed by atoms with E-state index >= 15 is 0 Å². The zero-order chi connectivity index (χ0) is 13.7. The van der Waals surface area contributed by atoms with Gasteiger partial charge in [-0.1, -0.05) is 6.07 Å². The summed E-state index contributed by atoms with van der Waals surface area (Å²) in [5.41, 5.74) is 7.18. The molecule has 0 saturated heterocycles. The molecule has 0 aliphatic carbocycles. The molecule has 0 aliphatic heterocycles. The largest absolute Gasteiger partial charge is 0.504 e. The molecule has 18 heavy (non-hydrogen) atoms. The second kappa shape index (κ2) is 5.32. The van der Waals surface area contributed by atoms with Crippen molar-refractivity contribution in [1.29, 1.82) is 0 Å². The highest BCUT2D eigenvalue weighted by atomic mass is 16.6. The predicted octanol–water partition coefficient (Wildman–Crippen LogP) is 1.55. The van der Waals surface area contributed by atoms with E-state index in [0.29, 0.717) is 0 Å². The summed E-state index contributed by atoms with van der Waals surface area (Å²) in [6.45, 7) is 0. The summed E-state index contributed by atoms with van der Waals surface area (Å²) in [5.74, 6) is -2.26. The molecule has 0 aliphatic rings. The highest BCUT2D eigenvalue weighted by Gasteiger charge is 2.20. The lowest BCUT2D eigenvalue weighted by molar-refractivity contribution is -0.417. The fraction of sp³-hybridized carbons (Fsp3) is 0. The number of phenols is 2. The van der Waals surface area contributed by atoms with Gasteiger partial charge in [0, 0.05) is 11.0 Å². The van der Waals surface area contributed by atoms with E-state index in [9.17, 15) is 20.0 Å². The summed E-state index contributed by atoms with van der Waals surface area (Å²) in [6, 6.07) is 3.35. The molecular weight excluding hydrogens is 244 g/mol. The fourth-order valence-electron chi connectivity index (χ4n) is 1.07. The van der Waals surface area contributed by atoms with Crippen LogP contribution < -0.4 is 0 Å². The number of amides is 1. The molecule has 0 bridgehead atoms. The molecule has 1 aromatic rings. The van der Waals surface area contributed by atoms with Crippen LogP contribution in [0.15, 0.2) is 29.0 Å². The summed E-state index contributed by atoms with van der Waals surface area (Å²) in [4.78, 5) is 22.8. The second-order valence-corrected chi connectivity index (χ2v) is 3.03. The van der Waals surface area contributed by atoms with E-state index in [4.69, 9.17) is 10.6 Å². The van der Waals surface area contributed by atoms with Crippen LogP contribution in [0.3, 0.4) is 0 Å². The van der Waals surface area contributed by atoms with Crippen LogP contribution in [-0.4, -0.2) is 21.0 Å².